The molecule has 0 unspecified atom stereocenters. The third-order valence-electron chi connectivity index (χ3n) is 2.14. The molecular formula is C10H17N3O. The van der Waals surface area contributed by atoms with E-state index in [2.05, 4.69) is 5.10 Å². The van der Waals surface area contributed by atoms with Crippen LogP contribution in [0.4, 0.5) is 0 Å². The maximum Gasteiger partial charge on any atom is 0.138 e. The molecule has 0 aromatic carbocycles. The number of carbonyl (C=O) groups excluding carboxylic acids is 1. The van der Waals surface area contributed by atoms with E-state index in [0.29, 0.717) is 19.4 Å². The molecule has 4 heteroatoms. The summed E-state index contributed by atoms with van der Waals surface area (Å²) in [4.78, 5) is 11.4. The van der Waals surface area contributed by atoms with Crippen LogP contribution in [0.2, 0.25) is 0 Å². The number of ketones is 1. The maximum atomic E-state index is 11.4. The normalized spacial score (nSPS) is 10.5. The Hall–Kier alpha value is -1.16. The number of nitrogens with two attached hydrogens (primary N) is 1. The molecule has 4 nitrogen and oxygen atoms in total. The molecule has 0 amide bonds. The van der Waals surface area contributed by atoms with Crippen molar-refractivity contribution >= 4 is 5.78 Å². The molecule has 0 radical (unpaired) electrons. The zero-order valence-corrected chi connectivity index (χ0v) is 8.79. The molecule has 78 valence electrons. The second kappa shape index (κ2) is 4.91. The van der Waals surface area contributed by atoms with E-state index < -0.39 is 0 Å². The Morgan fingerprint density at radius 1 is 1.64 bits per heavy atom. The van der Waals surface area contributed by atoms with Crippen LogP contribution in [0.1, 0.15) is 24.2 Å². The highest BCUT2D eigenvalue weighted by molar-refractivity contribution is 5.80. The molecule has 1 aromatic heterocycles. The van der Waals surface area contributed by atoms with Gasteiger partial charge >= 0.3 is 0 Å². The average Bonchev–Trinajstić information content (AvgIpc) is 2.42. The minimum atomic E-state index is 0.235. The van der Waals surface area contributed by atoms with Crippen LogP contribution >= 0.6 is 0 Å². The highest BCUT2D eigenvalue weighted by atomic mass is 16.1. The third kappa shape index (κ3) is 2.96. The summed E-state index contributed by atoms with van der Waals surface area (Å²) in [5.41, 5.74) is 7.26. The largest absolute Gasteiger partial charge is 0.330 e. The monoisotopic (exact) mass is 195 g/mol. The van der Waals surface area contributed by atoms with Gasteiger partial charge in [-0.05, 0) is 26.0 Å². The smallest absolute Gasteiger partial charge is 0.138 e. The quantitative estimate of drug-likeness (QED) is 0.747. The van der Waals surface area contributed by atoms with Gasteiger partial charge in [0.25, 0.3) is 0 Å². The van der Waals surface area contributed by atoms with Crippen molar-refractivity contribution in [2.24, 2.45) is 12.8 Å². The summed E-state index contributed by atoms with van der Waals surface area (Å²) in [6.45, 7) is 2.50. The van der Waals surface area contributed by atoms with E-state index in [0.717, 1.165) is 17.8 Å². The first-order valence-electron chi connectivity index (χ1n) is 4.84. The zero-order valence-electron chi connectivity index (χ0n) is 8.79. The average molecular weight is 195 g/mol. The van der Waals surface area contributed by atoms with Crippen LogP contribution in [0.3, 0.4) is 0 Å². The minimum Gasteiger partial charge on any atom is -0.330 e. The molecule has 0 saturated heterocycles. The van der Waals surface area contributed by atoms with Gasteiger partial charge < -0.3 is 5.73 Å². The lowest BCUT2D eigenvalue weighted by Crippen LogP contribution is -2.09. The molecule has 0 bridgehead atoms. The van der Waals surface area contributed by atoms with Gasteiger partial charge in [0.15, 0.2) is 0 Å². The highest BCUT2D eigenvalue weighted by Gasteiger charge is 2.07. The van der Waals surface area contributed by atoms with Gasteiger partial charge in [0, 0.05) is 25.6 Å². The summed E-state index contributed by atoms with van der Waals surface area (Å²) in [6, 6.07) is 1.94. The van der Waals surface area contributed by atoms with Crippen molar-refractivity contribution < 1.29 is 4.79 Å². The van der Waals surface area contributed by atoms with Crippen molar-refractivity contribution in [3.05, 3.63) is 17.5 Å². The van der Waals surface area contributed by atoms with Gasteiger partial charge in [-0.1, -0.05) is 0 Å². The Kier molecular flexibility index (Phi) is 3.83. The molecule has 1 heterocycles. The van der Waals surface area contributed by atoms with E-state index in [1.54, 1.807) is 4.68 Å². The van der Waals surface area contributed by atoms with E-state index in [4.69, 9.17) is 5.73 Å². The number of rotatable bonds is 5. The van der Waals surface area contributed by atoms with Crippen LogP contribution in [-0.4, -0.2) is 22.1 Å². The van der Waals surface area contributed by atoms with E-state index in [1.807, 2.05) is 20.0 Å². The first-order chi connectivity index (χ1) is 6.63. The van der Waals surface area contributed by atoms with E-state index in [9.17, 15) is 4.79 Å². The summed E-state index contributed by atoms with van der Waals surface area (Å²) in [5.74, 6) is 0.235. The van der Waals surface area contributed by atoms with Crippen molar-refractivity contribution in [3.63, 3.8) is 0 Å². The second-order valence-corrected chi connectivity index (χ2v) is 3.51. The van der Waals surface area contributed by atoms with Crippen LogP contribution in [-0.2, 0) is 18.3 Å². The van der Waals surface area contributed by atoms with E-state index >= 15 is 0 Å². The lowest BCUT2D eigenvalue weighted by Gasteiger charge is -2.00. The standard InChI is InChI=1S/C10H17N3O/c1-8-6-9(13(2)12-8)7-10(14)4-3-5-11/h6H,3-5,7,11H2,1-2H3. The van der Waals surface area contributed by atoms with Crippen LogP contribution in [0.5, 0.6) is 0 Å². The Balaban J connectivity index is 2.51. The van der Waals surface area contributed by atoms with Gasteiger partial charge in [-0.3, -0.25) is 9.48 Å². The second-order valence-electron chi connectivity index (χ2n) is 3.51. The molecular weight excluding hydrogens is 178 g/mol. The van der Waals surface area contributed by atoms with Crippen LogP contribution in [0, 0.1) is 6.92 Å². The fourth-order valence-electron chi connectivity index (χ4n) is 1.42. The van der Waals surface area contributed by atoms with Gasteiger partial charge in [-0.2, -0.15) is 5.10 Å². The van der Waals surface area contributed by atoms with Crippen molar-refractivity contribution in [2.45, 2.75) is 26.2 Å². The number of aryl methyl sites for hydroxylation is 2. The predicted octanol–water partition coefficient (Wildman–Crippen LogP) is 0.579. The molecule has 0 saturated carbocycles. The molecule has 14 heavy (non-hydrogen) atoms. The number of carbonyl (C=O) groups is 1. The topological polar surface area (TPSA) is 60.9 Å². The highest BCUT2D eigenvalue weighted by Crippen LogP contribution is 2.05. The van der Waals surface area contributed by atoms with Gasteiger partial charge in [-0.25, -0.2) is 0 Å². The van der Waals surface area contributed by atoms with Crippen molar-refractivity contribution in [1.29, 1.82) is 0 Å². The fourth-order valence-corrected chi connectivity index (χ4v) is 1.42. The molecule has 0 spiro atoms. The van der Waals surface area contributed by atoms with Crippen LogP contribution in [0.15, 0.2) is 6.07 Å². The van der Waals surface area contributed by atoms with Crippen molar-refractivity contribution in [3.8, 4) is 0 Å². The van der Waals surface area contributed by atoms with Crippen LogP contribution < -0.4 is 5.73 Å². The Bertz CT molecular complexity index is 317. The zero-order chi connectivity index (χ0) is 10.6. The Labute approximate surface area is 84.1 Å². The molecule has 0 aliphatic rings. The number of hydrogen-bond donors (Lipinski definition) is 1. The first kappa shape index (κ1) is 10.9. The summed E-state index contributed by atoms with van der Waals surface area (Å²) in [7, 11) is 1.86. The van der Waals surface area contributed by atoms with Gasteiger partial charge in [0.2, 0.25) is 0 Å². The number of hydrogen-bond acceptors (Lipinski definition) is 3. The van der Waals surface area contributed by atoms with Gasteiger partial charge in [-0.15, -0.1) is 0 Å². The number of aromatic nitrogens is 2. The van der Waals surface area contributed by atoms with Gasteiger partial charge in [0.05, 0.1) is 5.69 Å². The minimum absolute atomic E-state index is 0.235. The lowest BCUT2D eigenvalue weighted by atomic mass is 10.1. The fraction of sp³-hybridized carbons (Fsp3) is 0.600. The summed E-state index contributed by atoms with van der Waals surface area (Å²) in [5, 5.41) is 4.18. The summed E-state index contributed by atoms with van der Waals surface area (Å²) < 4.78 is 1.76. The van der Waals surface area contributed by atoms with Crippen LogP contribution in [0.25, 0.3) is 0 Å². The molecule has 0 fully saturated rings. The Morgan fingerprint density at radius 2 is 2.36 bits per heavy atom. The SMILES string of the molecule is Cc1cc(CC(=O)CCCN)n(C)n1. The van der Waals surface area contributed by atoms with Gasteiger partial charge in [0.1, 0.15) is 5.78 Å². The maximum absolute atomic E-state index is 11.4. The van der Waals surface area contributed by atoms with E-state index in [-0.39, 0.29) is 5.78 Å². The number of Topliss-reactive ketones (excluding diaryl/α,β-unsaturated/α-hetero) is 1. The third-order valence-corrected chi connectivity index (χ3v) is 2.14. The van der Waals surface area contributed by atoms with E-state index in [1.165, 1.54) is 0 Å². The number of nitrogens with zero attached hydrogens (tertiary/aromatic N) is 2. The Morgan fingerprint density at radius 3 is 2.86 bits per heavy atom. The summed E-state index contributed by atoms with van der Waals surface area (Å²) >= 11 is 0. The van der Waals surface area contributed by atoms with Crippen molar-refractivity contribution in [1.82, 2.24) is 9.78 Å². The molecule has 2 N–H and O–H groups in total. The molecule has 1 rings (SSSR count). The predicted molar refractivity (Wildman–Crippen MR) is 54.9 cm³/mol. The first-order valence-corrected chi connectivity index (χ1v) is 4.84. The molecule has 1 aromatic rings. The molecule has 0 atom stereocenters. The molecule has 0 aliphatic carbocycles. The molecule has 0 aliphatic heterocycles. The summed E-state index contributed by atoms with van der Waals surface area (Å²) in [6.07, 6.45) is 1.81. The van der Waals surface area contributed by atoms with Crippen molar-refractivity contribution in [2.75, 3.05) is 6.54 Å². The lowest BCUT2D eigenvalue weighted by molar-refractivity contribution is -0.118.